The topological polar surface area (TPSA) is 75.7 Å². The number of ether oxygens (including phenoxy) is 1. The molecule has 2 rings (SSSR count). The van der Waals surface area contributed by atoms with E-state index >= 15 is 0 Å². The van der Waals surface area contributed by atoms with Gasteiger partial charge in [-0.3, -0.25) is 0 Å². The molecule has 1 fully saturated rings. The second kappa shape index (κ2) is 8.02. The molecule has 2 atom stereocenters. The zero-order valence-electron chi connectivity index (χ0n) is 11.7. The van der Waals surface area contributed by atoms with E-state index in [1.165, 1.54) is 7.11 Å². The number of rotatable bonds is 4. The maximum absolute atomic E-state index is 10.5. The predicted molar refractivity (Wildman–Crippen MR) is 92.2 cm³/mol. The van der Waals surface area contributed by atoms with Crippen molar-refractivity contribution in [3.05, 3.63) is 20.6 Å². The van der Waals surface area contributed by atoms with Crippen molar-refractivity contribution in [2.24, 2.45) is 11.7 Å². The minimum Gasteiger partial charge on any atom is -0.503 e. The van der Waals surface area contributed by atoms with Crippen LogP contribution in [-0.4, -0.2) is 23.4 Å². The quantitative estimate of drug-likeness (QED) is 0.657. The van der Waals surface area contributed by atoms with Gasteiger partial charge in [0.1, 0.15) is 0 Å². The minimum absolute atomic E-state index is 0. The molecule has 0 heterocycles. The van der Waals surface area contributed by atoms with E-state index in [1.807, 2.05) is 0 Å². The van der Waals surface area contributed by atoms with E-state index < -0.39 is 12.1 Å². The Morgan fingerprint density at radius 2 is 1.86 bits per heavy atom. The van der Waals surface area contributed by atoms with Crippen LogP contribution in [0.25, 0.3) is 0 Å². The van der Waals surface area contributed by atoms with Gasteiger partial charge in [-0.2, -0.15) is 0 Å². The van der Waals surface area contributed by atoms with Crippen molar-refractivity contribution < 1.29 is 14.9 Å². The van der Waals surface area contributed by atoms with Gasteiger partial charge >= 0.3 is 0 Å². The molecule has 0 unspecified atom stereocenters. The Morgan fingerprint density at radius 3 is 2.38 bits per heavy atom. The minimum atomic E-state index is -0.588. The average Bonchev–Trinajstić information content (AvgIpc) is 2.98. The zero-order valence-corrected chi connectivity index (χ0v) is 15.7. The third kappa shape index (κ3) is 3.85. The largest absolute Gasteiger partial charge is 0.503 e. The summed E-state index contributed by atoms with van der Waals surface area (Å²) in [4.78, 5) is 0. The van der Waals surface area contributed by atoms with Gasteiger partial charge in [0.15, 0.2) is 11.5 Å². The lowest BCUT2D eigenvalue weighted by Crippen LogP contribution is -2.32. The highest BCUT2D eigenvalue weighted by molar-refractivity contribution is 9.13. The standard InChI is InChI=1S/C14H19Br2NO3.ClH/c1-20-9-6-8(10(15)11(16)14(9)19)12(17)13(18)7-4-2-3-5-7;/h6-7,12-13,18-19H,2-5,17H2,1H3;1H/t12-,13+;/m0./s1. The third-order valence-electron chi connectivity index (χ3n) is 4.00. The summed E-state index contributed by atoms with van der Waals surface area (Å²) in [7, 11) is 1.48. The summed E-state index contributed by atoms with van der Waals surface area (Å²) in [5, 5.41) is 20.4. The average molecular weight is 446 g/mol. The maximum atomic E-state index is 10.5. The molecular weight excluding hydrogens is 425 g/mol. The first kappa shape index (κ1) is 19.0. The number of halogens is 3. The Morgan fingerprint density at radius 1 is 1.29 bits per heavy atom. The number of nitrogens with two attached hydrogens (primary N) is 1. The van der Waals surface area contributed by atoms with E-state index in [2.05, 4.69) is 31.9 Å². The highest BCUT2D eigenvalue weighted by Crippen LogP contribution is 2.44. The molecule has 0 aromatic heterocycles. The third-order valence-corrected chi connectivity index (χ3v) is 6.16. The van der Waals surface area contributed by atoms with Gasteiger partial charge in [-0.05, 0) is 62.2 Å². The molecule has 0 spiro atoms. The molecule has 4 N–H and O–H groups in total. The van der Waals surface area contributed by atoms with Crippen LogP contribution in [0.1, 0.15) is 37.3 Å². The molecule has 1 aliphatic carbocycles. The van der Waals surface area contributed by atoms with Crippen LogP contribution in [0.4, 0.5) is 0 Å². The fourth-order valence-corrected chi connectivity index (χ4v) is 3.78. The number of phenols is 1. The van der Waals surface area contributed by atoms with Crippen molar-refractivity contribution in [2.75, 3.05) is 7.11 Å². The van der Waals surface area contributed by atoms with Crippen molar-refractivity contribution >= 4 is 44.3 Å². The van der Waals surface area contributed by atoms with Gasteiger partial charge in [0, 0.05) is 4.47 Å². The Labute approximate surface area is 147 Å². The Balaban J connectivity index is 0.00000220. The summed E-state index contributed by atoms with van der Waals surface area (Å²) in [6.07, 6.45) is 3.75. The summed E-state index contributed by atoms with van der Waals surface area (Å²) < 4.78 is 6.28. The van der Waals surface area contributed by atoms with Gasteiger partial charge < -0.3 is 20.7 Å². The molecule has 1 aromatic carbocycles. The summed E-state index contributed by atoms with van der Waals surface area (Å²) in [6, 6.07) is 1.16. The lowest BCUT2D eigenvalue weighted by Gasteiger charge is -2.26. The van der Waals surface area contributed by atoms with E-state index in [4.69, 9.17) is 10.5 Å². The first-order valence-electron chi connectivity index (χ1n) is 6.65. The van der Waals surface area contributed by atoms with Crippen LogP contribution < -0.4 is 10.5 Å². The summed E-state index contributed by atoms with van der Waals surface area (Å²) in [6.45, 7) is 0. The molecule has 0 amide bonds. The number of benzene rings is 1. The summed E-state index contributed by atoms with van der Waals surface area (Å²) >= 11 is 6.73. The number of hydrogen-bond donors (Lipinski definition) is 3. The van der Waals surface area contributed by atoms with Gasteiger partial charge in [-0.15, -0.1) is 12.4 Å². The monoisotopic (exact) mass is 443 g/mol. The smallest absolute Gasteiger partial charge is 0.173 e. The summed E-state index contributed by atoms with van der Waals surface area (Å²) in [5.74, 6) is 0.602. The Kier molecular flexibility index (Phi) is 7.27. The van der Waals surface area contributed by atoms with Crippen LogP contribution in [0.5, 0.6) is 11.5 Å². The first-order valence-corrected chi connectivity index (χ1v) is 8.24. The highest BCUT2D eigenvalue weighted by atomic mass is 79.9. The van der Waals surface area contributed by atoms with E-state index in [0.29, 0.717) is 14.7 Å². The van der Waals surface area contributed by atoms with Crippen molar-refractivity contribution in [1.29, 1.82) is 0 Å². The van der Waals surface area contributed by atoms with Crippen molar-refractivity contribution in [3.8, 4) is 11.5 Å². The number of aliphatic hydroxyl groups excluding tert-OH is 1. The van der Waals surface area contributed by atoms with Crippen molar-refractivity contribution in [3.63, 3.8) is 0 Å². The second-order valence-electron chi connectivity index (χ2n) is 5.21. The van der Waals surface area contributed by atoms with Gasteiger partial charge in [-0.1, -0.05) is 12.8 Å². The van der Waals surface area contributed by atoms with E-state index in [9.17, 15) is 10.2 Å². The van der Waals surface area contributed by atoms with Crippen LogP contribution in [-0.2, 0) is 0 Å². The van der Waals surface area contributed by atoms with E-state index in [0.717, 1.165) is 31.2 Å². The lowest BCUT2D eigenvalue weighted by molar-refractivity contribution is 0.0841. The molecule has 21 heavy (non-hydrogen) atoms. The molecule has 4 nitrogen and oxygen atoms in total. The number of methoxy groups -OCH3 is 1. The normalized spacial score (nSPS) is 18.1. The van der Waals surface area contributed by atoms with Crippen LogP contribution in [0.2, 0.25) is 0 Å². The molecule has 0 saturated heterocycles. The molecule has 120 valence electrons. The van der Waals surface area contributed by atoms with Gasteiger partial charge in [-0.25, -0.2) is 0 Å². The van der Waals surface area contributed by atoms with Gasteiger partial charge in [0.05, 0.1) is 23.7 Å². The molecule has 0 bridgehead atoms. The molecule has 1 saturated carbocycles. The predicted octanol–water partition coefficient (Wildman–Crippen LogP) is 3.90. The number of phenolic OH excluding ortho intramolecular Hbond substituents is 1. The number of hydrogen-bond acceptors (Lipinski definition) is 4. The van der Waals surface area contributed by atoms with Crippen LogP contribution in [0, 0.1) is 5.92 Å². The van der Waals surface area contributed by atoms with Gasteiger partial charge in [0.25, 0.3) is 0 Å². The van der Waals surface area contributed by atoms with E-state index in [1.54, 1.807) is 6.07 Å². The SMILES string of the molecule is COc1cc([C@H](N)[C@H](O)C2CCCC2)c(Br)c(Br)c1O.Cl. The molecule has 7 heteroatoms. The van der Waals surface area contributed by atoms with Crippen LogP contribution >= 0.6 is 44.3 Å². The molecule has 1 aromatic rings. The molecule has 1 aliphatic rings. The fraction of sp³-hybridized carbons (Fsp3) is 0.571. The Hall–Kier alpha value is -0.0100. The van der Waals surface area contributed by atoms with Crippen LogP contribution in [0.3, 0.4) is 0 Å². The van der Waals surface area contributed by atoms with Crippen molar-refractivity contribution in [1.82, 2.24) is 0 Å². The summed E-state index contributed by atoms with van der Waals surface area (Å²) in [5.41, 5.74) is 6.95. The highest BCUT2D eigenvalue weighted by Gasteiger charge is 2.31. The molecule has 0 aliphatic heterocycles. The fourth-order valence-electron chi connectivity index (χ4n) is 2.79. The molecule has 0 radical (unpaired) electrons. The zero-order chi connectivity index (χ0) is 14.9. The Bertz CT molecular complexity index is 496. The number of aromatic hydroxyl groups is 1. The van der Waals surface area contributed by atoms with Crippen molar-refractivity contribution in [2.45, 2.75) is 37.8 Å². The van der Waals surface area contributed by atoms with E-state index in [-0.39, 0.29) is 24.1 Å². The maximum Gasteiger partial charge on any atom is 0.173 e. The van der Waals surface area contributed by atoms with Gasteiger partial charge in [0.2, 0.25) is 0 Å². The lowest BCUT2D eigenvalue weighted by atomic mass is 9.91. The first-order chi connectivity index (χ1) is 9.47. The second-order valence-corrected chi connectivity index (χ2v) is 6.79. The molecular formula is C14H20Br2ClNO3. The number of aliphatic hydroxyl groups is 1. The van der Waals surface area contributed by atoms with Crippen LogP contribution in [0.15, 0.2) is 15.0 Å².